The van der Waals surface area contributed by atoms with E-state index in [0.717, 1.165) is 32.7 Å². The first-order valence-corrected chi connectivity index (χ1v) is 7.72. The lowest BCUT2D eigenvalue weighted by Crippen LogP contribution is -1.89. The number of carbonyl (C=O) groups is 1. The highest BCUT2D eigenvalue weighted by Crippen LogP contribution is 2.39. The van der Waals surface area contributed by atoms with Crippen LogP contribution in [0.3, 0.4) is 0 Å². The lowest BCUT2D eigenvalue weighted by atomic mass is 10.1. The van der Waals surface area contributed by atoms with Gasteiger partial charge < -0.3 is 9.84 Å². The number of ether oxygens (including phenoxy) is 1. The van der Waals surface area contributed by atoms with Crippen molar-refractivity contribution in [3.63, 3.8) is 0 Å². The fraction of sp³-hybridized carbons (Fsp3) is 0.118. The number of carboxylic acids is 1. The number of carboxylic acid groups (broad SMARTS) is 1. The van der Waals surface area contributed by atoms with Crippen LogP contribution in [-0.2, 0) is 4.79 Å². The molecule has 114 valence electrons. The summed E-state index contributed by atoms with van der Waals surface area (Å²) in [7, 11) is 1.63. The Morgan fingerprint density at radius 3 is 2.68 bits per heavy atom. The normalized spacial score (nSPS) is 10.9. The number of para-hydroxylation sites is 1. The van der Waals surface area contributed by atoms with E-state index in [1.807, 2.05) is 37.3 Å². The molecule has 0 heterocycles. The molecule has 1 N–H and O–H groups in total. The van der Waals surface area contributed by atoms with Crippen molar-refractivity contribution in [3.8, 4) is 5.75 Å². The zero-order valence-electron chi connectivity index (χ0n) is 12.2. The smallest absolute Gasteiger partial charge is 0.328 e. The van der Waals surface area contributed by atoms with E-state index in [-0.39, 0.29) is 0 Å². The maximum atomic E-state index is 10.6. The molecule has 5 heteroatoms. The minimum atomic E-state index is -0.983. The number of hydrogen-bond acceptors (Lipinski definition) is 3. The van der Waals surface area contributed by atoms with Crippen LogP contribution in [0.25, 0.3) is 6.08 Å². The van der Waals surface area contributed by atoms with Crippen molar-refractivity contribution in [2.75, 3.05) is 7.11 Å². The van der Waals surface area contributed by atoms with E-state index < -0.39 is 5.97 Å². The Kier molecular flexibility index (Phi) is 5.52. The Labute approximate surface area is 138 Å². The second kappa shape index (κ2) is 7.38. The molecule has 0 saturated carbocycles. The molecule has 0 aliphatic carbocycles. The van der Waals surface area contributed by atoms with Gasteiger partial charge in [0.2, 0.25) is 0 Å². The van der Waals surface area contributed by atoms with Crippen LogP contribution in [0.15, 0.2) is 52.3 Å². The number of methoxy groups -OCH3 is 1. The highest BCUT2D eigenvalue weighted by Gasteiger charge is 2.09. The number of rotatable bonds is 5. The predicted octanol–water partition coefficient (Wildman–Crippen LogP) is 4.91. The molecule has 0 bridgehead atoms. The van der Waals surface area contributed by atoms with Crippen LogP contribution in [-0.4, -0.2) is 18.2 Å². The Morgan fingerprint density at radius 2 is 2.00 bits per heavy atom. The van der Waals surface area contributed by atoms with E-state index in [0.29, 0.717) is 5.02 Å². The molecule has 2 aromatic rings. The van der Waals surface area contributed by atoms with Gasteiger partial charge in [-0.1, -0.05) is 35.5 Å². The third-order valence-corrected chi connectivity index (χ3v) is 4.55. The molecule has 0 spiro atoms. The van der Waals surface area contributed by atoms with Crippen LogP contribution in [0.1, 0.15) is 11.1 Å². The summed E-state index contributed by atoms with van der Waals surface area (Å²) in [6, 6.07) is 11.4. The van der Waals surface area contributed by atoms with Gasteiger partial charge in [-0.2, -0.15) is 0 Å². The molecular formula is C17H15ClO3S. The summed E-state index contributed by atoms with van der Waals surface area (Å²) >= 11 is 7.83. The minimum Gasteiger partial charge on any atom is -0.496 e. The van der Waals surface area contributed by atoms with Gasteiger partial charge in [0.25, 0.3) is 0 Å². The second-order valence-corrected chi connectivity index (χ2v) is 6.05. The maximum Gasteiger partial charge on any atom is 0.328 e. The fourth-order valence-corrected chi connectivity index (χ4v) is 3.23. The van der Waals surface area contributed by atoms with Gasteiger partial charge in [-0.15, -0.1) is 0 Å². The molecule has 0 aliphatic rings. The number of aliphatic carboxylic acids is 1. The van der Waals surface area contributed by atoms with Crippen molar-refractivity contribution in [3.05, 3.63) is 58.6 Å². The highest BCUT2D eigenvalue weighted by atomic mass is 35.5. The van der Waals surface area contributed by atoms with E-state index in [1.54, 1.807) is 19.3 Å². The third kappa shape index (κ3) is 4.06. The van der Waals surface area contributed by atoms with Gasteiger partial charge in [-0.25, -0.2) is 4.79 Å². The zero-order chi connectivity index (χ0) is 16.1. The molecule has 0 atom stereocenters. The van der Waals surface area contributed by atoms with E-state index in [1.165, 1.54) is 11.8 Å². The summed E-state index contributed by atoms with van der Waals surface area (Å²) in [6.07, 6.45) is 2.65. The Bertz CT molecular complexity index is 726. The van der Waals surface area contributed by atoms with E-state index in [2.05, 4.69) is 0 Å². The molecule has 0 saturated heterocycles. The van der Waals surface area contributed by atoms with Crippen molar-refractivity contribution >= 4 is 35.4 Å². The van der Waals surface area contributed by atoms with Crippen molar-refractivity contribution in [2.24, 2.45) is 0 Å². The van der Waals surface area contributed by atoms with Crippen LogP contribution >= 0.6 is 23.4 Å². The summed E-state index contributed by atoms with van der Waals surface area (Å²) in [5, 5.41) is 9.28. The summed E-state index contributed by atoms with van der Waals surface area (Å²) in [5.41, 5.74) is 1.75. The molecule has 0 radical (unpaired) electrons. The number of hydrogen-bond donors (Lipinski definition) is 1. The fourth-order valence-electron chi connectivity index (χ4n) is 1.91. The molecule has 0 aliphatic heterocycles. The first-order chi connectivity index (χ1) is 10.5. The van der Waals surface area contributed by atoms with Crippen molar-refractivity contribution in [1.29, 1.82) is 0 Å². The molecule has 2 aromatic carbocycles. The van der Waals surface area contributed by atoms with Gasteiger partial charge in [0.15, 0.2) is 0 Å². The van der Waals surface area contributed by atoms with Gasteiger partial charge in [0.1, 0.15) is 5.75 Å². The molecule has 3 nitrogen and oxygen atoms in total. The average Bonchev–Trinajstić information content (AvgIpc) is 2.49. The quantitative estimate of drug-likeness (QED) is 0.789. The first-order valence-electron chi connectivity index (χ1n) is 6.53. The average molecular weight is 335 g/mol. The van der Waals surface area contributed by atoms with E-state index >= 15 is 0 Å². The molecule has 22 heavy (non-hydrogen) atoms. The summed E-state index contributed by atoms with van der Waals surface area (Å²) in [4.78, 5) is 12.5. The van der Waals surface area contributed by atoms with Crippen molar-refractivity contribution in [1.82, 2.24) is 0 Å². The van der Waals surface area contributed by atoms with E-state index in [4.69, 9.17) is 21.4 Å². The first kappa shape index (κ1) is 16.5. The highest BCUT2D eigenvalue weighted by molar-refractivity contribution is 7.99. The topological polar surface area (TPSA) is 46.5 Å². The van der Waals surface area contributed by atoms with Crippen LogP contribution in [0.2, 0.25) is 5.02 Å². The van der Waals surface area contributed by atoms with Gasteiger partial charge >= 0.3 is 5.97 Å². The SMILES string of the molecule is COc1ccccc1Sc1cc(C)c(/C=C/C(=O)O)cc1Cl. The van der Waals surface area contributed by atoms with Gasteiger partial charge in [-0.3, -0.25) is 0 Å². The lowest BCUT2D eigenvalue weighted by molar-refractivity contribution is -0.131. The zero-order valence-corrected chi connectivity index (χ0v) is 13.7. The molecule has 0 unspecified atom stereocenters. The second-order valence-electron chi connectivity index (χ2n) is 4.56. The number of halogens is 1. The molecule has 0 fully saturated rings. The summed E-state index contributed by atoms with van der Waals surface area (Å²) in [6.45, 7) is 1.92. The Balaban J connectivity index is 2.33. The van der Waals surface area contributed by atoms with Crippen molar-refractivity contribution < 1.29 is 14.6 Å². The lowest BCUT2D eigenvalue weighted by Gasteiger charge is -2.11. The van der Waals surface area contributed by atoms with Crippen LogP contribution < -0.4 is 4.74 Å². The third-order valence-electron chi connectivity index (χ3n) is 3.02. The van der Waals surface area contributed by atoms with Crippen molar-refractivity contribution in [2.45, 2.75) is 16.7 Å². The Hall–Kier alpha value is -1.91. The summed E-state index contributed by atoms with van der Waals surface area (Å²) < 4.78 is 5.34. The number of benzene rings is 2. The molecule has 2 rings (SSSR count). The minimum absolute atomic E-state index is 0.576. The molecule has 0 amide bonds. The predicted molar refractivity (Wildman–Crippen MR) is 90.0 cm³/mol. The number of aryl methyl sites for hydroxylation is 1. The van der Waals surface area contributed by atoms with Crippen LogP contribution in [0.4, 0.5) is 0 Å². The monoisotopic (exact) mass is 334 g/mol. The van der Waals surface area contributed by atoms with E-state index in [9.17, 15) is 4.79 Å². The van der Waals surface area contributed by atoms with Crippen LogP contribution in [0, 0.1) is 6.92 Å². The summed E-state index contributed by atoms with van der Waals surface area (Å²) in [5.74, 6) is -0.195. The molecule has 0 aromatic heterocycles. The van der Waals surface area contributed by atoms with Gasteiger partial charge in [-0.05, 0) is 48.4 Å². The maximum absolute atomic E-state index is 10.6. The van der Waals surface area contributed by atoms with Crippen LogP contribution in [0.5, 0.6) is 5.75 Å². The standard InChI is InChI=1S/C17H15ClO3S/c1-11-9-16(13(18)10-12(11)7-8-17(19)20)22-15-6-4-3-5-14(15)21-2/h3-10H,1-2H3,(H,19,20)/b8-7+. The molecular weight excluding hydrogens is 320 g/mol. The Morgan fingerprint density at radius 1 is 1.27 bits per heavy atom. The van der Waals surface area contributed by atoms with Gasteiger partial charge in [0, 0.05) is 11.0 Å². The largest absolute Gasteiger partial charge is 0.496 e. The van der Waals surface area contributed by atoms with Gasteiger partial charge in [0.05, 0.1) is 17.0 Å².